The van der Waals surface area contributed by atoms with Crippen LogP contribution in [0.5, 0.6) is 0 Å². The van der Waals surface area contributed by atoms with Crippen LogP contribution < -0.4 is 0 Å². The molecular formula is C5H6Cl2N2. The van der Waals surface area contributed by atoms with Crippen LogP contribution in [0.3, 0.4) is 0 Å². The van der Waals surface area contributed by atoms with Crippen molar-refractivity contribution in [2.24, 2.45) is 0 Å². The van der Waals surface area contributed by atoms with Gasteiger partial charge >= 0.3 is 0 Å². The first kappa shape index (κ1) is 8.66. The van der Waals surface area contributed by atoms with Crippen LogP contribution in [0, 0.1) is 0 Å². The van der Waals surface area contributed by atoms with Gasteiger partial charge in [-0.3, -0.25) is 0 Å². The summed E-state index contributed by atoms with van der Waals surface area (Å²) in [6, 6.07) is 1.76. The fourth-order valence-electron chi connectivity index (χ4n) is 0.399. The topological polar surface area (TPSA) is 25.8 Å². The highest BCUT2D eigenvalue weighted by Crippen LogP contribution is 1.90. The molecule has 0 aliphatic carbocycles. The zero-order chi connectivity index (χ0) is 5.82. The van der Waals surface area contributed by atoms with Gasteiger partial charge in [0.05, 0.1) is 5.88 Å². The van der Waals surface area contributed by atoms with Crippen molar-refractivity contribution < 1.29 is 0 Å². The Kier molecular flexibility index (Phi) is 4.36. The molecule has 1 heterocycles. The lowest BCUT2D eigenvalue weighted by Crippen LogP contribution is -1.85. The summed E-state index contributed by atoms with van der Waals surface area (Å²) in [5.41, 5.74) is 0. The molecule has 2 nitrogen and oxygen atoms in total. The number of nitrogens with zero attached hydrogens (tertiary/aromatic N) is 2. The molecule has 0 N–H and O–H groups in total. The van der Waals surface area contributed by atoms with Gasteiger partial charge in [0, 0.05) is 12.4 Å². The number of halogens is 2. The van der Waals surface area contributed by atoms with Gasteiger partial charge in [-0.25, -0.2) is 9.97 Å². The molecule has 1 rings (SSSR count). The molecule has 0 atom stereocenters. The second-order valence-electron chi connectivity index (χ2n) is 1.30. The van der Waals surface area contributed by atoms with E-state index in [0.29, 0.717) is 11.7 Å². The van der Waals surface area contributed by atoms with E-state index in [1.165, 1.54) is 0 Å². The van der Waals surface area contributed by atoms with Gasteiger partial charge < -0.3 is 0 Å². The van der Waals surface area contributed by atoms with Crippen LogP contribution in [-0.4, -0.2) is 9.97 Å². The van der Waals surface area contributed by atoms with Gasteiger partial charge in [0.25, 0.3) is 0 Å². The molecule has 1 aromatic rings. The predicted octanol–water partition coefficient (Wildman–Crippen LogP) is 1.64. The van der Waals surface area contributed by atoms with E-state index in [-0.39, 0.29) is 12.4 Å². The van der Waals surface area contributed by atoms with Crippen molar-refractivity contribution in [2.45, 2.75) is 5.88 Å². The van der Waals surface area contributed by atoms with Gasteiger partial charge in [0.15, 0.2) is 0 Å². The van der Waals surface area contributed by atoms with Crippen molar-refractivity contribution in [2.75, 3.05) is 0 Å². The molecule has 0 aliphatic rings. The first-order chi connectivity index (χ1) is 3.93. The molecule has 50 valence electrons. The third-order valence-electron chi connectivity index (χ3n) is 0.739. The Morgan fingerprint density at radius 3 is 2.22 bits per heavy atom. The molecular weight excluding hydrogens is 159 g/mol. The highest BCUT2D eigenvalue weighted by Gasteiger charge is 1.85. The predicted molar refractivity (Wildman–Crippen MR) is 38.8 cm³/mol. The van der Waals surface area contributed by atoms with Crippen molar-refractivity contribution in [3.63, 3.8) is 0 Å². The summed E-state index contributed by atoms with van der Waals surface area (Å²) in [6.45, 7) is 0. The molecule has 0 saturated heterocycles. The van der Waals surface area contributed by atoms with E-state index in [2.05, 4.69) is 9.97 Å². The van der Waals surface area contributed by atoms with Gasteiger partial charge in [0.1, 0.15) is 5.82 Å². The molecule has 0 radical (unpaired) electrons. The largest absolute Gasteiger partial charge is 0.240 e. The smallest absolute Gasteiger partial charge is 0.142 e. The van der Waals surface area contributed by atoms with Crippen molar-refractivity contribution in [1.29, 1.82) is 0 Å². The molecule has 0 saturated carbocycles. The van der Waals surface area contributed by atoms with E-state index in [1.807, 2.05) is 0 Å². The molecule has 0 spiro atoms. The van der Waals surface area contributed by atoms with E-state index >= 15 is 0 Å². The van der Waals surface area contributed by atoms with E-state index < -0.39 is 0 Å². The summed E-state index contributed by atoms with van der Waals surface area (Å²) in [6.07, 6.45) is 3.34. The summed E-state index contributed by atoms with van der Waals surface area (Å²) >= 11 is 5.40. The average Bonchev–Trinajstić information content (AvgIpc) is 1.90. The second-order valence-corrected chi connectivity index (χ2v) is 1.57. The van der Waals surface area contributed by atoms with Crippen LogP contribution in [0.2, 0.25) is 0 Å². The Morgan fingerprint density at radius 2 is 1.89 bits per heavy atom. The van der Waals surface area contributed by atoms with Crippen LogP contribution >= 0.6 is 24.0 Å². The van der Waals surface area contributed by atoms with Crippen molar-refractivity contribution in [3.8, 4) is 0 Å². The third-order valence-corrected chi connectivity index (χ3v) is 0.978. The van der Waals surface area contributed by atoms with Gasteiger partial charge in [0.2, 0.25) is 0 Å². The first-order valence-electron chi connectivity index (χ1n) is 2.25. The van der Waals surface area contributed by atoms with Crippen LogP contribution in [0.1, 0.15) is 5.82 Å². The van der Waals surface area contributed by atoms with Crippen molar-refractivity contribution >= 4 is 24.0 Å². The lowest BCUT2D eigenvalue weighted by Gasteiger charge is -1.86. The van der Waals surface area contributed by atoms with E-state index in [9.17, 15) is 0 Å². The van der Waals surface area contributed by atoms with E-state index in [1.54, 1.807) is 18.5 Å². The fraction of sp³-hybridized carbons (Fsp3) is 0.200. The van der Waals surface area contributed by atoms with Crippen LogP contribution in [-0.2, 0) is 5.88 Å². The molecule has 0 bridgehead atoms. The minimum atomic E-state index is 0. The van der Waals surface area contributed by atoms with Gasteiger partial charge in [-0.2, -0.15) is 0 Å². The minimum absolute atomic E-state index is 0. The average molecular weight is 165 g/mol. The lowest BCUT2D eigenvalue weighted by atomic mass is 10.6. The number of aromatic nitrogens is 2. The maximum absolute atomic E-state index is 5.40. The lowest BCUT2D eigenvalue weighted by molar-refractivity contribution is 1.03. The maximum Gasteiger partial charge on any atom is 0.142 e. The summed E-state index contributed by atoms with van der Waals surface area (Å²) in [4.78, 5) is 7.71. The molecule has 1 aromatic heterocycles. The Labute approximate surface area is 64.7 Å². The number of alkyl halides is 1. The van der Waals surface area contributed by atoms with Gasteiger partial charge in [-0.15, -0.1) is 24.0 Å². The zero-order valence-electron chi connectivity index (χ0n) is 4.62. The van der Waals surface area contributed by atoms with E-state index in [4.69, 9.17) is 11.6 Å². The number of hydrogen-bond acceptors (Lipinski definition) is 2. The molecule has 9 heavy (non-hydrogen) atoms. The minimum Gasteiger partial charge on any atom is -0.240 e. The van der Waals surface area contributed by atoms with E-state index in [0.717, 1.165) is 0 Å². The maximum atomic E-state index is 5.40. The van der Waals surface area contributed by atoms with Gasteiger partial charge in [-0.1, -0.05) is 0 Å². The Morgan fingerprint density at radius 1 is 1.33 bits per heavy atom. The molecule has 0 amide bonds. The second kappa shape index (κ2) is 4.53. The highest BCUT2D eigenvalue weighted by atomic mass is 35.5. The highest BCUT2D eigenvalue weighted by molar-refractivity contribution is 6.16. The molecule has 0 aliphatic heterocycles. The molecule has 4 heteroatoms. The van der Waals surface area contributed by atoms with Crippen LogP contribution in [0.15, 0.2) is 18.5 Å². The SMILES string of the molecule is Cl.ClCc1ncccn1. The normalized spacial score (nSPS) is 8.11. The molecule has 0 unspecified atom stereocenters. The summed E-state index contributed by atoms with van der Waals surface area (Å²) < 4.78 is 0. The van der Waals surface area contributed by atoms with Gasteiger partial charge in [-0.05, 0) is 6.07 Å². The summed E-state index contributed by atoms with van der Waals surface area (Å²) in [7, 11) is 0. The first-order valence-corrected chi connectivity index (χ1v) is 2.79. The molecule has 0 aromatic carbocycles. The van der Waals surface area contributed by atoms with Crippen molar-refractivity contribution in [3.05, 3.63) is 24.3 Å². The molecule has 0 fully saturated rings. The summed E-state index contributed by atoms with van der Waals surface area (Å²) in [5, 5.41) is 0. The monoisotopic (exact) mass is 164 g/mol. The van der Waals surface area contributed by atoms with Crippen molar-refractivity contribution in [1.82, 2.24) is 9.97 Å². The van der Waals surface area contributed by atoms with Crippen LogP contribution in [0.25, 0.3) is 0 Å². The van der Waals surface area contributed by atoms with Crippen LogP contribution in [0.4, 0.5) is 0 Å². The number of rotatable bonds is 1. The number of hydrogen-bond donors (Lipinski definition) is 0. The quantitative estimate of drug-likeness (QED) is 0.591. The Balaban J connectivity index is 0.000000640. The Bertz CT molecular complexity index is 154. The zero-order valence-corrected chi connectivity index (χ0v) is 6.19. The summed E-state index contributed by atoms with van der Waals surface area (Å²) in [5.74, 6) is 1.06. The fourth-order valence-corrected chi connectivity index (χ4v) is 0.537. The third kappa shape index (κ3) is 2.63. The Hall–Kier alpha value is -0.340. The standard InChI is InChI=1S/C5H5ClN2.ClH/c6-4-5-7-2-1-3-8-5;/h1-3H,4H2;1H.